The monoisotopic (exact) mass is 356 g/mol. The molecule has 1 aromatic heterocycles. The second-order valence-electron chi connectivity index (χ2n) is 7.76. The summed E-state index contributed by atoms with van der Waals surface area (Å²) in [4.78, 5) is 19.6. The lowest BCUT2D eigenvalue weighted by Crippen LogP contribution is -2.51. The van der Waals surface area contributed by atoms with Crippen LogP contribution in [0.3, 0.4) is 0 Å². The lowest BCUT2D eigenvalue weighted by Gasteiger charge is -2.36. The first kappa shape index (κ1) is 17.5. The van der Waals surface area contributed by atoms with Gasteiger partial charge in [-0.2, -0.15) is 0 Å². The number of morpholine rings is 1. The number of rotatable bonds is 6. The van der Waals surface area contributed by atoms with Gasteiger partial charge in [0.05, 0.1) is 30.6 Å². The van der Waals surface area contributed by atoms with Gasteiger partial charge in [-0.15, -0.1) is 0 Å². The normalized spacial score (nSPS) is 19.8. The van der Waals surface area contributed by atoms with E-state index in [1.165, 1.54) is 12.8 Å². The number of nitrogens with one attached hydrogen (secondary N) is 1. The van der Waals surface area contributed by atoms with E-state index in [4.69, 9.17) is 4.74 Å². The minimum absolute atomic E-state index is 0.0215. The van der Waals surface area contributed by atoms with Gasteiger partial charge in [-0.1, -0.05) is 13.8 Å². The van der Waals surface area contributed by atoms with Crippen molar-refractivity contribution in [1.29, 1.82) is 0 Å². The van der Waals surface area contributed by atoms with Crippen molar-refractivity contribution in [3.05, 3.63) is 30.1 Å². The van der Waals surface area contributed by atoms with E-state index in [-0.39, 0.29) is 5.91 Å². The summed E-state index contributed by atoms with van der Waals surface area (Å²) in [5.74, 6) is 0.455. The van der Waals surface area contributed by atoms with Gasteiger partial charge in [0.1, 0.15) is 0 Å². The minimum Gasteiger partial charge on any atom is -0.379 e. The van der Waals surface area contributed by atoms with E-state index in [1.807, 2.05) is 24.5 Å². The van der Waals surface area contributed by atoms with Crippen molar-refractivity contribution in [3.63, 3.8) is 0 Å². The van der Waals surface area contributed by atoms with Gasteiger partial charge in [0.2, 0.25) is 0 Å². The Hall–Kier alpha value is -1.92. The summed E-state index contributed by atoms with van der Waals surface area (Å²) in [5, 5.41) is 3.13. The summed E-state index contributed by atoms with van der Waals surface area (Å²) in [5.41, 5.74) is 2.71. The van der Waals surface area contributed by atoms with Crippen LogP contribution in [0.4, 0.5) is 0 Å². The molecule has 2 fully saturated rings. The number of aromatic nitrogens is 2. The first-order valence-electron chi connectivity index (χ1n) is 9.70. The standard InChI is InChI=1S/C20H28N4O2/c1-14(2)19(23-7-9-26-10-8-23)12-21-20(25)15-3-6-18-17(11-15)22-13-24(18)16-4-5-16/h3,6,11,13-14,16,19H,4-5,7-10,12H2,1-2H3,(H,21,25). The molecule has 0 radical (unpaired) electrons. The smallest absolute Gasteiger partial charge is 0.251 e. The lowest BCUT2D eigenvalue weighted by molar-refractivity contribution is 0.00673. The van der Waals surface area contributed by atoms with Gasteiger partial charge < -0.3 is 14.6 Å². The van der Waals surface area contributed by atoms with Crippen LogP contribution in [0.1, 0.15) is 43.1 Å². The SMILES string of the molecule is CC(C)C(CNC(=O)c1ccc2c(c1)ncn2C1CC1)N1CCOCC1. The van der Waals surface area contributed by atoms with Gasteiger partial charge in [0.25, 0.3) is 5.91 Å². The molecule has 1 N–H and O–H groups in total. The van der Waals surface area contributed by atoms with Gasteiger partial charge in [0, 0.05) is 37.3 Å². The van der Waals surface area contributed by atoms with E-state index in [2.05, 4.69) is 33.6 Å². The van der Waals surface area contributed by atoms with Crippen molar-refractivity contribution in [1.82, 2.24) is 19.8 Å². The maximum Gasteiger partial charge on any atom is 0.251 e. The van der Waals surface area contributed by atoms with Crippen LogP contribution in [0.25, 0.3) is 11.0 Å². The molecule has 2 aromatic rings. The fourth-order valence-corrected chi connectivity index (χ4v) is 3.81. The number of carbonyl (C=O) groups excluding carboxylic acids is 1. The second kappa shape index (κ2) is 7.37. The second-order valence-corrected chi connectivity index (χ2v) is 7.76. The zero-order chi connectivity index (χ0) is 18.1. The average Bonchev–Trinajstić information content (AvgIpc) is 3.41. The van der Waals surface area contributed by atoms with Crippen LogP contribution in [0.2, 0.25) is 0 Å². The summed E-state index contributed by atoms with van der Waals surface area (Å²) in [6, 6.07) is 6.78. The molecule has 0 bridgehead atoms. The Morgan fingerprint density at radius 2 is 2.08 bits per heavy atom. The third-order valence-corrected chi connectivity index (χ3v) is 5.53. The number of imidazole rings is 1. The molecule has 2 aliphatic rings. The highest BCUT2D eigenvalue weighted by molar-refractivity contribution is 5.97. The van der Waals surface area contributed by atoms with Crippen molar-refractivity contribution in [3.8, 4) is 0 Å². The largest absolute Gasteiger partial charge is 0.379 e. The van der Waals surface area contributed by atoms with Gasteiger partial charge in [0.15, 0.2) is 0 Å². The number of fused-ring (bicyclic) bond motifs is 1. The number of hydrogen-bond donors (Lipinski definition) is 1. The predicted octanol–water partition coefficient (Wildman–Crippen LogP) is 2.46. The summed E-state index contributed by atoms with van der Waals surface area (Å²) in [6.45, 7) is 8.50. The maximum atomic E-state index is 12.7. The molecule has 1 amide bonds. The van der Waals surface area contributed by atoms with Gasteiger partial charge in [-0.25, -0.2) is 4.98 Å². The summed E-state index contributed by atoms with van der Waals surface area (Å²) in [7, 11) is 0. The van der Waals surface area contributed by atoms with E-state index in [1.54, 1.807) is 0 Å². The zero-order valence-electron chi connectivity index (χ0n) is 15.6. The maximum absolute atomic E-state index is 12.7. The van der Waals surface area contributed by atoms with E-state index >= 15 is 0 Å². The Morgan fingerprint density at radius 1 is 1.31 bits per heavy atom. The van der Waals surface area contributed by atoms with E-state index < -0.39 is 0 Å². The number of carbonyl (C=O) groups is 1. The number of hydrogen-bond acceptors (Lipinski definition) is 4. The Morgan fingerprint density at radius 3 is 2.77 bits per heavy atom. The molecule has 1 unspecified atom stereocenters. The molecule has 6 heteroatoms. The van der Waals surface area contributed by atoms with Crippen molar-refractivity contribution >= 4 is 16.9 Å². The molecule has 2 heterocycles. The fourth-order valence-electron chi connectivity index (χ4n) is 3.81. The van der Waals surface area contributed by atoms with Crippen molar-refractivity contribution in [2.24, 2.45) is 5.92 Å². The van der Waals surface area contributed by atoms with Crippen LogP contribution < -0.4 is 5.32 Å². The molecule has 4 rings (SSSR count). The highest BCUT2D eigenvalue weighted by Gasteiger charge is 2.26. The molecule has 0 spiro atoms. The van der Waals surface area contributed by atoms with Crippen LogP contribution in [-0.2, 0) is 4.74 Å². The molecular weight excluding hydrogens is 328 g/mol. The summed E-state index contributed by atoms with van der Waals surface area (Å²) < 4.78 is 7.68. The van der Waals surface area contributed by atoms with Crippen LogP contribution in [-0.4, -0.2) is 59.2 Å². The Bertz CT molecular complexity index is 775. The van der Waals surface area contributed by atoms with Crippen LogP contribution in [0.15, 0.2) is 24.5 Å². The third kappa shape index (κ3) is 3.62. The molecule has 1 saturated heterocycles. The molecule has 6 nitrogen and oxygen atoms in total. The first-order valence-corrected chi connectivity index (χ1v) is 9.70. The van der Waals surface area contributed by atoms with Crippen molar-refractivity contribution in [2.75, 3.05) is 32.8 Å². The van der Waals surface area contributed by atoms with E-state index in [9.17, 15) is 4.79 Å². The van der Waals surface area contributed by atoms with E-state index in [0.717, 1.165) is 37.3 Å². The Labute approximate surface area is 154 Å². The molecule has 1 aliphatic carbocycles. The van der Waals surface area contributed by atoms with Crippen LogP contribution >= 0.6 is 0 Å². The quantitative estimate of drug-likeness (QED) is 0.864. The molecule has 1 saturated carbocycles. The Kier molecular flexibility index (Phi) is 4.96. The molecule has 1 aliphatic heterocycles. The fraction of sp³-hybridized carbons (Fsp3) is 0.600. The van der Waals surface area contributed by atoms with Crippen LogP contribution in [0, 0.1) is 5.92 Å². The first-order chi connectivity index (χ1) is 12.6. The lowest BCUT2D eigenvalue weighted by atomic mass is 10.0. The predicted molar refractivity (Wildman–Crippen MR) is 101 cm³/mol. The molecular formula is C20H28N4O2. The Balaban J connectivity index is 1.42. The third-order valence-electron chi connectivity index (χ3n) is 5.53. The zero-order valence-corrected chi connectivity index (χ0v) is 15.6. The molecule has 140 valence electrons. The summed E-state index contributed by atoms with van der Waals surface area (Å²) in [6.07, 6.45) is 4.36. The molecule has 1 aromatic carbocycles. The highest BCUT2D eigenvalue weighted by Crippen LogP contribution is 2.37. The van der Waals surface area contributed by atoms with E-state index in [0.29, 0.717) is 30.1 Å². The van der Waals surface area contributed by atoms with Gasteiger partial charge in [-0.05, 0) is 37.0 Å². The van der Waals surface area contributed by atoms with Gasteiger partial charge >= 0.3 is 0 Å². The number of nitrogens with zero attached hydrogens (tertiary/aromatic N) is 3. The van der Waals surface area contributed by atoms with Gasteiger partial charge in [-0.3, -0.25) is 9.69 Å². The van der Waals surface area contributed by atoms with Crippen LogP contribution in [0.5, 0.6) is 0 Å². The topological polar surface area (TPSA) is 59.4 Å². The number of benzene rings is 1. The molecule has 26 heavy (non-hydrogen) atoms. The number of ether oxygens (including phenoxy) is 1. The minimum atomic E-state index is -0.0215. The molecule has 1 atom stereocenters. The van der Waals surface area contributed by atoms with Crippen molar-refractivity contribution in [2.45, 2.75) is 38.8 Å². The average molecular weight is 356 g/mol. The number of amides is 1. The summed E-state index contributed by atoms with van der Waals surface area (Å²) >= 11 is 0. The van der Waals surface area contributed by atoms with Crippen molar-refractivity contribution < 1.29 is 9.53 Å². The highest BCUT2D eigenvalue weighted by atomic mass is 16.5.